The summed E-state index contributed by atoms with van der Waals surface area (Å²) in [6.45, 7) is 2.72. The molecule has 0 aliphatic heterocycles. The lowest BCUT2D eigenvalue weighted by molar-refractivity contribution is -0.120. The second-order valence-electron chi connectivity index (χ2n) is 7.41. The Hall–Kier alpha value is -3.18. The molecular formula is C25H30N4O. The fourth-order valence-corrected chi connectivity index (χ4v) is 3.20. The van der Waals surface area contributed by atoms with Gasteiger partial charge in [0, 0.05) is 37.6 Å². The molecule has 0 unspecified atom stereocenters. The molecule has 0 atom stereocenters. The number of rotatable bonds is 11. The fourth-order valence-electron chi connectivity index (χ4n) is 3.20. The average molecular weight is 403 g/mol. The van der Waals surface area contributed by atoms with Gasteiger partial charge in [-0.25, -0.2) is 4.98 Å². The molecule has 0 saturated carbocycles. The number of hydrogen-bond donors (Lipinski definition) is 1. The maximum Gasteiger partial charge on any atom is 0.223 e. The number of nitrogens with zero attached hydrogens (tertiary/aromatic N) is 3. The van der Waals surface area contributed by atoms with Gasteiger partial charge in [-0.15, -0.1) is 0 Å². The Morgan fingerprint density at radius 1 is 1.10 bits per heavy atom. The normalized spacial score (nSPS) is 11.3. The maximum absolute atomic E-state index is 12.0. The van der Waals surface area contributed by atoms with E-state index < -0.39 is 0 Å². The minimum absolute atomic E-state index is 0.0632. The number of nitrogens with one attached hydrogen (secondary N) is 1. The molecule has 0 spiro atoms. The number of hydrogen-bond acceptors (Lipinski definition) is 3. The first kappa shape index (κ1) is 21.5. The third-order valence-electron chi connectivity index (χ3n) is 4.97. The van der Waals surface area contributed by atoms with Crippen molar-refractivity contribution in [2.45, 2.75) is 19.3 Å². The predicted octanol–water partition coefficient (Wildman–Crippen LogP) is 3.96. The van der Waals surface area contributed by atoms with Crippen molar-refractivity contribution < 1.29 is 4.79 Å². The number of amides is 1. The quantitative estimate of drug-likeness (QED) is 0.494. The van der Waals surface area contributed by atoms with E-state index in [0.717, 1.165) is 37.2 Å². The molecule has 1 aromatic heterocycles. The van der Waals surface area contributed by atoms with Crippen LogP contribution >= 0.6 is 0 Å². The summed E-state index contributed by atoms with van der Waals surface area (Å²) in [6.07, 6.45) is 11.7. The van der Waals surface area contributed by atoms with Crippen LogP contribution in [0.5, 0.6) is 0 Å². The zero-order valence-electron chi connectivity index (χ0n) is 17.6. The standard InChI is InChI=1S/C25H30N4O/c1-28(19-15-22-7-3-2-4-8-22)18-6-16-27-25(30)10-5-9-23-11-13-24(14-12-23)29-20-17-26-21-29/h2-5,7-9,11-14,17,20-21H,6,10,15-16,18-19H2,1H3,(H,27,30). The molecule has 3 rings (SSSR count). The van der Waals surface area contributed by atoms with E-state index in [0.29, 0.717) is 13.0 Å². The van der Waals surface area contributed by atoms with Gasteiger partial charge in [0.2, 0.25) is 5.91 Å². The van der Waals surface area contributed by atoms with Crippen LogP contribution in [0.25, 0.3) is 11.8 Å². The molecule has 0 radical (unpaired) electrons. The van der Waals surface area contributed by atoms with Crippen LogP contribution in [0.3, 0.4) is 0 Å². The molecule has 156 valence electrons. The van der Waals surface area contributed by atoms with Crippen LogP contribution in [-0.2, 0) is 11.2 Å². The van der Waals surface area contributed by atoms with E-state index in [2.05, 4.69) is 46.5 Å². The Bertz CT molecular complexity index is 902. The van der Waals surface area contributed by atoms with Crippen LogP contribution in [0.2, 0.25) is 0 Å². The van der Waals surface area contributed by atoms with E-state index in [1.54, 1.807) is 12.5 Å². The van der Waals surface area contributed by atoms with Crippen molar-refractivity contribution in [2.75, 3.05) is 26.7 Å². The third kappa shape index (κ3) is 7.33. The lowest BCUT2D eigenvalue weighted by atomic mass is 10.1. The van der Waals surface area contributed by atoms with Crippen LogP contribution in [0.4, 0.5) is 0 Å². The van der Waals surface area contributed by atoms with Crippen molar-refractivity contribution >= 4 is 12.0 Å². The average Bonchev–Trinajstić information content (AvgIpc) is 3.31. The highest BCUT2D eigenvalue weighted by Gasteiger charge is 2.01. The molecular weight excluding hydrogens is 372 g/mol. The smallest absolute Gasteiger partial charge is 0.223 e. The van der Waals surface area contributed by atoms with Crippen LogP contribution in [0.1, 0.15) is 24.0 Å². The second kappa shape index (κ2) is 11.7. The molecule has 5 nitrogen and oxygen atoms in total. The predicted molar refractivity (Wildman–Crippen MR) is 122 cm³/mol. The molecule has 2 aromatic carbocycles. The summed E-state index contributed by atoms with van der Waals surface area (Å²) in [6, 6.07) is 18.7. The summed E-state index contributed by atoms with van der Waals surface area (Å²) >= 11 is 0. The van der Waals surface area contributed by atoms with Gasteiger partial charge in [-0.3, -0.25) is 4.79 Å². The van der Waals surface area contributed by atoms with Gasteiger partial charge >= 0.3 is 0 Å². The minimum atomic E-state index is 0.0632. The van der Waals surface area contributed by atoms with Crippen molar-refractivity contribution in [1.29, 1.82) is 0 Å². The van der Waals surface area contributed by atoms with Gasteiger partial charge in [0.15, 0.2) is 0 Å². The zero-order chi connectivity index (χ0) is 21.0. The topological polar surface area (TPSA) is 50.2 Å². The molecule has 1 N–H and O–H groups in total. The Balaban J connectivity index is 1.28. The molecule has 1 amide bonds. The van der Waals surface area contributed by atoms with E-state index in [9.17, 15) is 4.79 Å². The highest BCUT2D eigenvalue weighted by atomic mass is 16.1. The number of aromatic nitrogens is 2. The summed E-state index contributed by atoms with van der Waals surface area (Å²) in [5.74, 6) is 0.0632. The number of likely N-dealkylation sites (N-methyl/N-ethyl adjacent to an activating group) is 1. The van der Waals surface area contributed by atoms with Crippen molar-refractivity contribution in [1.82, 2.24) is 19.8 Å². The molecule has 5 heteroatoms. The van der Waals surface area contributed by atoms with E-state index in [1.165, 1.54) is 5.56 Å². The Kier molecular flexibility index (Phi) is 8.42. The minimum Gasteiger partial charge on any atom is -0.356 e. The number of carbonyl (C=O) groups excluding carboxylic acids is 1. The molecule has 0 fully saturated rings. The summed E-state index contributed by atoms with van der Waals surface area (Å²) < 4.78 is 1.96. The molecule has 0 aliphatic carbocycles. The SMILES string of the molecule is CN(CCCNC(=O)CC=Cc1ccc(-n2ccnc2)cc1)CCc1ccccc1. The molecule has 0 saturated heterocycles. The Labute approximate surface area is 179 Å². The number of carbonyl (C=O) groups is 1. The number of imidazole rings is 1. The van der Waals surface area contributed by atoms with Crippen LogP contribution in [-0.4, -0.2) is 47.0 Å². The second-order valence-corrected chi connectivity index (χ2v) is 7.41. The van der Waals surface area contributed by atoms with Gasteiger partial charge in [-0.05, 0) is 49.7 Å². The van der Waals surface area contributed by atoms with E-state index in [-0.39, 0.29) is 5.91 Å². The summed E-state index contributed by atoms with van der Waals surface area (Å²) in [7, 11) is 2.13. The Morgan fingerprint density at radius 2 is 1.90 bits per heavy atom. The van der Waals surface area contributed by atoms with Gasteiger partial charge in [0.1, 0.15) is 0 Å². The molecule has 1 heterocycles. The maximum atomic E-state index is 12.0. The van der Waals surface area contributed by atoms with Crippen molar-refractivity contribution in [3.8, 4) is 5.69 Å². The lowest BCUT2D eigenvalue weighted by Crippen LogP contribution is -2.28. The summed E-state index contributed by atoms with van der Waals surface area (Å²) in [5.41, 5.74) is 3.50. The van der Waals surface area contributed by atoms with Gasteiger partial charge in [0.05, 0.1) is 6.33 Å². The number of benzene rings is 2. The van der Waals surface area contributed by atoms with Crippen LogP contribution in [0, 0.1) is 0 Å². The third-order valence-corrected chi connectivity index (χ3v) is 4.97. The molecule has 30 heavy (non-hydrogen) atoms. The zero-order valence-corrected chi connectivity index (χ0v) is 17.6. The van der Waals surface area contributed by atoms with Crippen molar-refractivity contribution in [3.05, 3.63) is 90.5 Å². The van der Waals surface area contributed by atoms with Gasteiger partial charge in [-0.2, -0.15) is 0 Å². The van der Waals surface area contributed by atoms with E-state index >= 15 is 0 Å². The first-order chi connectivity index (χ1) is 14.7. The van der Waals surface area contributed by atoms with Crippen molar-refractivity contribution in [3.63, 3.8) is 0 Å². The highest BCUT2D eigenvalue weighted by Crippen LogP contribution is 2.10. The Morgan fingerprint density at radius 3 is 2.63 bits per heavy atom. The molecule has 3 aromatic rings. The first-order valence-electron chi connectivity index (χ1n) is 10.4. The first-order valence-corrected chi connectivity index (χ1v) is 10.4. The van der Waals surface area contributed by atoms with E-state index in [1.807, 2.05) is 53.2 Å². The molecule has 0 aliphatic rings. The van der Waals surface area contributed by atoms with Crippen LogP contribution in [0.15, 0.2) is 79.4 Å². The summed E-state index contributed by atoms with van der Waals surface area (Å²) in [5, 5.41) is 3.00. The van der Waals surface area contributed by atoms with Crippen LogP contribution < -0.4 is 5.32 Å². The van der Waals surface area contributed by atoms with Gasteiger partial charge < -0.3 is 14.8 Å². The lowest BCUT2D eigenvalue weighted by Gasteiger charge is -2.16. The van der Waals surface area contributed by atoms with E-state index in [4.69, 9.17) is 0 Å². The summed E-state index contributed by atoms with van der Waals surface area (Å²) in [4.78, 5) is 18.4. The van der Waals surface area contributed by atoms with Gasteiger partial charge in [-0.1, -0.05) is 54.6 Å². The van der Waals surface area contributed by atoms with Crippen molar-refractivity contribution in [2.24, 2.45) is 0 Å². The molecule has 0 bridgehead atoms. The fraction of sp³-hybridized carbons (Fsp3) is 0.280. The monoisotopic (exact) mass is 402 g/mol. The highest BCUT2D eigenvalue weighted by molar-refractivity contribution is 5.78. The largest absolute Gasteiger partial charge is 0.356 e. The van der Waals surface area contributed by atoms with Gasteiger partial charge in [0.25, 0.3) is 0 Å².